The molecule has 2 aromatic carbocycles. The summed E-state index contributed by atoms with van der Waals surface area (Å²) in [6.07, 6.45) is 1.54. The van der Waals surface area contributed by atoms with Crippen LogP contribution in [-0.2, 0) is 19.6 Å². The number of benzene rings is 2. The minimum absolute atomic E-state index is 0.0354. The van der Waals surface area contributed by atoms with Gasteiger partial charge >= 0.3 is 0 Å². The zero-order chi connectivity index (χ0) is 23.0. The summed E-state index contributed by atoms with van der Waals surface area (Å²) in [4.78, 5) is 25.0. The average molecular weight is 472 g/mol. The number of carbonyl (C=O) groups is 2. The SMILES string of the molecule is COCCCNC(=O)c1ccccc1NC(=O)CN(c1ccc(F)c(Cl)c1)S(C)(=O)=O. The first-order valence-electron chi connectivity index (χ1n) is 9.22. The number of hydrogen-bond acceptors (Lipinski definition) is 5. The number of rotatable bonds is 10. The van der Waals surface area contributed by atoms with Crippen molar-refractivity contribution in [2.75, 3.05) is 42.7 Å². The lowest BCUT2D eigenvalue weighted by Crippen LogP contribution is -2.37. The van der Waals surface area contributed by atoms with Crippen LogP contribution in [0, 0.1) is 5.82 Å². The zero-order valence-corrected chi connectivity index (χ0v) is 18.6. The number of methoxy groups -OCH3 is 1. The number of sulfonamides is 1. The standard InChI is InChI=1S/C20H23ClFN3O5S/c1-30-11-5-10-23-20(27)15-6-3-4-7-18(15)24-19(26)13-25(31(2,28)29)14-8-9-17(22)16(21)12-14/h3-4,6-9,12H,5,10-11,13H2,1-2H3,(H,23,27)(H,24,26). The van der Waals surface area contributed by atoms with Crippen molar-refractivity contribution < 1.29 is 27.1 Å². The molecule has 0 heterocycles. The molecule has 0 aliphatic heterocycles. The number of para-hydroxylation sites is 1. The van der Waals surface area contributed by atoms with E-state index < -0.39 is 34.2 Å². The molecule has 0 aliphatic rings. The monoisotopic (exact) mass is 471 g/mol. The van der Waals surface area contributed by atoms with Gasteiger partial charge in [0.2, 0.25) is 15.9 Å². The normalized spacial score (nSPS) is 11.1. The van der Waals surface area contributed by atoms with E-state index in [0.29, 0.717) is 19.6 Å². The predicted molar refractivity (Wildman–Crippen MR) is 117 cm³/mol. The first-order valence-corrected chi connectivity index (χ1v) is 11.4. The van der Waals surface area contributed by atoms with E-state index >= 15 is 0 Å². The number of ether oxygens (including phenoxy) is 1. The van der Waals surface area contributed by atoms with Crippen molar-refractivity contribution in [1.82, 2.24) is 5.32 Å². The Kier molecular flexibility index (Phi) is 8.78. The van der Waals surface area contributed by atoms with Gasteiger partial charge in [-0.25, -0.2) is 12.8 Å². The molecular formula is C20H23ClFN3O5S. The first kappa shape index (κ1) is 24.6. The van der Waals surface area contributed by atoms with Crippen molar-refractivity contribution in [3.63, 3.8) is 0 Å². The van der Waals surface area contributed by atoms with Gasteiger partial charge in [-0.2, -0.15) is 0 Å². The summed E-state index contributed by atoms with van der Waals surface area (Å²) in [5, 5.41) is 5.00. The second-order valence-electron chi connectivity index (χ2n) is 6.56. The second kappa shape index (κ2) is 11.1. The van der Waals surface area contributed by atoms with Crippen LogP contribution in [0.2, 0.25) is 5.02 Å². The highest BCUT2D eigenvalue weighted by molar-refractivity contribution is 7.92. The van der Waals surface area contributed by atoms with E-state index in [1.165, 1.54) is 18.2 Å². The predicted octanol–water partition coefficient (Wildman–Crippen LogP) is 2.65. The van der Waals surface area contributed by atoms with Crippen molar-refractivity contribution in [3.8, 4) is 0 Å². The van der Waals surface area contributed by atoms with Crippen molar-refractivity contribution in [3.05, 3.63) is 58.9 Å². The van der Waals surface area contributed by atoms with Crippen molar-refractivity contribution >= 4 is 44.8 Å². The molecule has 2 N–H and O–H groups in total. The van der Waals surface area contributed by atoms with Gasteiger partial charge in [0.05, 0.1) is 28.2 Å². The molecule has 0 saturated heterocycles. The summed E-state index contributed by atoms with van der Waals surface area (Å²) < 4.78 is 43.6. The molecule has 0 aliphatic carbocycles. The molecular weight excluding hydrogens is 449 g/mol. The van der Waals surface area contributed by atoms with Crippen LogP contribution in [-0.4, -0.2) is 53.3 Å². The number of hydrogen-bond donors (Lipinski definition) is 2. The van der Waals surface area contributed by atoms with Gasteiger partial charge in [0.1, 0.15) is 12.4 Å². The summed E-state index contributed by atoms with van der Waals surface area (Å²) in [6.45, 7) is 0.292. The van der Waals surface area contributed by atoms with E-state index in [1.807, 2.05) is 0 Å². The number of nitrogens with zero attached hydrogens (tertiary/aromatic N) is 1. The molecule has 31 heavy (non-hydrogen) atoms. The maximum absolute atomic E-state index is 13.4. The van der Waals surface area contributed by atoms with E-state index in [4.69, 9.17) is 16.3 Å². The van der Waals surface area contributed by atoms with Crippen molar-refractivity contribution in [2.24, 2.45) is 0 Å². The maximum Gasteiger partial charge on any atom is 0.253 e. The van der Waals surface area contributed by atoms with Gasteiger partial charge in [-0.1, -0.05) is 23.7 Å². The molecule has 0 radical (unpaired) electrons. The fourth-order valence-electron chi connectivity index (χ4n) is 2.66. The molecule has 0 aromatic heterocycles. The smallest absolute Gasteiger partial charge is 0.253 e. The second-order valence-corrected chi connectivity index (χ2v) is 8.88. The fourth-order valence-corrected chi connectivity index (χ4v) is 3.69. The third-order valence-electron chi connectivity index (χ3n) is 4.14. The Balaban J connectivity index is 2.16. The van der Waals surface area contributed by atoms with Crippen LogP contribution in [0.25, 0.3) is 0 Å². The van der Waals surface area contributed by atoms with Gasteiger partial charge < -0.3 is 15.4 Å². The quantitative estimate of drug-likeness (QED) is 0.518. The van der Waals surface area contributed by atoms with E-state index in [-0.39, 0.29) is 22.0 Å². The molecule has 0 fully saturated rings. The Morgan fingerprint density at radius 3 is 2.55 bits per heavy atom. The van der Waals surface area contributed by atoms with Gasteiger partial charge in [0.25, 0.3) is 5.91 Å². The molecule has 0 spiro atoms. The summed E-state index contributed by atoms with van der Waals surface area (Å²) in [5.41, 5.74) is 0.486. The van der Waals surface area contributed by atoms with Crippen molar-refractivity contribution in [2.45, 2.75) is 6.42 Å². The molecule has 2 aromatic rings. The molecule has 0 atom stereocenters. The van der Waals surface area contributed by atoms with Crippen LogP contribution in [0.3, 0.4) is 0 Å². The Hall–Kier alpha value is -2.69. The minimum Gasteiger partial charge on any atom is -0.385 e. The number of carbonyl (C=O) groups excluding carboxylic acids is 2. The molecule has 11 heteroatoms. The highest BCUT2D eigenvalue weighted by Crippen LogP contribution is 2.24. The van der Waals surface area contributed by atoms with Gasteiger partial charge in [-0.05, 0) is 36.8 Å². The Morgan fingerprint density at radius 1 is 1.19 bits per heavy atom. The number of halogens is 2. The molecule has 168 valence electrons. The lowest BCUT2D eigenvalue weighted by Gasteiger charge is -2.22. The molecule has 0 saturated carbocycles. The molecule has 8 nitrogen and oxygen atoms in total. The van der Waals surface area contributed by atoms with Gasteiger partial charge in [-0.3, -0.25) is 13.9 Å². The van der Waals surface area contributed by atoms with Crippen LogP contribution in [0.15, 0.2) is 42.5 Å². The van der Waals surface area contributed by atoms with Crippen LogP contribution in [0.1, 0.15) is 16.8 Å². The lowest BCUT2D eigenvalue weighted by molar-refractivity contribution is -0.114. The molecule has 2 amide bonds. The van der Waals surface area contributed by atoms with E-state index in [2.05, 4.69) is 10.6 Å². The average Bonchev–Trinajstić information content (AvgIpc) is 2.71. The van der Waals surface area contributed by atoms with Gasteiger partial charge in [0.15, 0.2) is 0 Å². The van der Waals surface area contributed by atoms with Gasteiger partial charge in [-0.15, -0.1) is 0 Å². The van der Waals surface area contributed by atoms with E-state index in [0.717, 1.165) is 22.7 Å². The number of anilines is 2. The zero-order valence-electron chi connectivity index (χ0n) is 17.0. The Labute approximate surface area is 185 Å². The van der Waals surface area contributed by atoms with Crippen LogP contribution in [0.4, 0.5) is 15.8 Å². The number of nitrogens with one attached hydrogen (secondary N) is 2. The van der Waals surface area contributed by atoms with E-state index in [1.54, 1.807) is 19.2 Å². The highest BCUT2D eigenvalue weighted by Gasteiger charge is 2.23. The third-order valence-corrected chi connectivity index (χ3v) is 5.57. The summed E-state index contributed by atoms with van der Waals surface area (Å²) >= 11 is 5.74. The van der Waals surface area contributed by atoms with Crippen LogP contribution >= 0.6 is 11.6 Å². The lowest BCUT2D eigenvalue weighted by atomic mass is 10.1. The van der Waals surface area contributed by atoms with E-state index in [9.17, 15) is 22.4 Å². The first-order chi connectivity index (χ1) is 14.6. The molecule has 0 unspecified atom stereocenters. The van der Waals surface area contributed by atoms with Gasteiger partial charge in [0, 0.05) is 20.3 Å². The molecule has 2 rings (SSSR count). The van der Waals surface area contributed by atoms with Crippen LogP contribution < -0.4 is 14.9 Å². The summed E-state index contributed by atoms with van der Waals surface area (Å²) in [5.74, 6) is -1.79. The highest BCUT2D eigenvalue weighted by atomic mass is 35.5. The topological polar surface area (TPSA) is 105 Å². The third kappa shape index (κ3) is 7.20. The van der Waals surface area contributed by atoms with Crippen LogP contribution in [0.5, 0.6) is 0 Å². The Bertz CT molecular complexity index is 1050. The van der Waals surface area contributed by atoms with Crippen molar-refractivity contribution in [1.29, 1.82) is 0 Å². The maximum atomic E-state index is 13.4. The summed E-state index contributed by atoms with van der Waals surface area (Å²) in [6, 6.07) is 9.67. The molecule has 0 bridgehead atoms. The number of amides is 2. The minimum atomic E-state index is -3.88. The summed E-state index contributed by atoms with van der Waals surface area (Å²) in [7, 11) is -2.32. The largest absolute Gasteiger partial charge is 0.385 e. The Morgan fingerprint density at radius 2 is 1.90 bits per heavy atom. The fraction of sp³-hybridized carbons (Fsp3) is 0.300.